The Morgan fingerprint density at radius 2 is 2.12 bits per heavy atom. The Kier molecular flexibility index (Phi) is 2.96. The number of aldehydes is 1. The predicted octanol–water partition coefficient (Wildman–Crippen LogP) is 1.66. The number of primary amides is 1. The highest BCUT2D eigenvalue weighted by Crippen LogP contribution is 2.22. The fourth-order valence-electron chi connectivity index (χ4n) is 1.59. The highest BCUT2D eigenvalue weighted by Gasteiger charge is 2.06. The number of nitrogens with two attached hydrogens (primary N) is 1. The summed E-state index contributed by atoms with van der Waals surface area (Å²) in [5.41, 5.74) is 7.57. The van der Waals surface area contributed by atoms with Crippen molar-refractivity contribution in [2.45, 2.75) is 0 Å². The van der Waals surface area contributed by atoms with E-state index in [0.29, 0.717) is 16.7 Å². The molecule has 1 amide bonds. The molecular formula is C13H10N2O2. The van der Waals surface area contributed by atoms with Gasteiger partial charge in [-0.25, -0.2) is 0 Å². The molecule has 0 saturated carbocycles. The summed E-state index contributed by atoms with van der Waals surface area (Å²) in [6, 6.07) is 8.42. The SMILES string of the molecule is NC(=O)c1cccc(-c2cnccc2C=O)c1. The van der Waals surface area contributed by atoms with Gasteiger partial charge in [-0.1, -0.05) is 12.1 Å². The van der Waals surface area contributed by atoms with Gasteiger partial charge in [0.05, 0.1) is 0 Å². The minimum Gasteiger partial charge on any atom is -0.366 e. The third kappa shape index (κ3) is 2.20. The second kappa shape index (κ2) is 4.57. The molecule has 2 rings (SSSR count). The van der Waals surface area contributed by atoms with Crippen LogP contribution in [0.2, 0.25) is 0 Å². The molecule has 0 atom stereocenters. The van der Waals surface area contributed by atoms with E-state index in [-0.39, 0.29) is 0 Å². The Labute approximate surface area is 98.1 Å². The van der Waals surface area contributed by atoms with Gasteiger partial charge in [-0.15, -0.1) is 0 Å². The van der Waals surface area contributed by atoms with Crippen LogP contribution in [0.15, 0.2) is 42.7 Å². The number of rotatable bonds is 3. The number of benzene rings is 1. The van der Waals surface area contributed by atoms with Gasteiger partial charge in [-0.3, -0.25) is 14.6 Å². The smallest absolute Gasteiger partial charge is 0.248 e. The summed E-state index contributed by atoms with van der Waals surface area (Å²) in [5, 5.41) is 0. The fourth-order valence-corrected chi connectivity index (χ4v) is 1.59. The van der Waals surface area contributed by atoms with Gasteiger partial charge in [0.1, 0.15) is 0 Å². The zero-order chi connectivity index (χ0) is 12.3. The molecule has 0 radical (unpaired) electrons. The molecule has 4 nitrogen and oxygen atoms in total. The van der Waals surface area contributed by atoms with E-state index in [2.05, 4.69) is 4.98 Å². The van der Waals surface area contributed by atoms with E-state index in [1.165, 1.54) is 0 Å². The molecule has 17 heavy (non-hydrogen) atoms. The van der Waals surface area contributed by atoms with Gasteiger partial charge in [-0.2, -0.15) is 0 Å². The summed E-state index contributed by atoms with van der Waals surface area (Å²) >= 11 is 0. The Morgan fingerprint density at radius 1 is 1.29 bits per heavy atom. The minimum absolute atomic E-state index is 0.406. The normalized spacial score (nSPS) is 9.88. The van der Waals surface area contributed by atoms with Crippen LogP contribution >= 0.6 is 0 Å². The molecule has 0 aliphatic carbocycles. The standard InChI is InChI=1S/C13H10N2O2/c14-13(17)10-3-1-2-9(6-10)12-7-15-5-4-11(12)8-16/h1-8H,(H2,14,17). The molecule has 1 heterocycles. The van der Waals surface area contributed by atoms with Gasteiger partial charge in [0, 0.05) is 29.1 Å². The van der Waals surface area contributed by atoms with Crippen LogP contribution in [-0.4, -0.2) is 17.2 Å². The third-order valence-electron chi connectivity index (χ3n) is 2.44. The summed E-state index contributed by atoms with van der Waals surface area (Å²) in [6.07, 6.45) is 3.89. The molecular weight excluding hydrogens is 216 g/mol. The maximum atomic E-state index is 11.1. The van der Waals surface area contributed by atoms with Gasteiger partial charge in [-0.05, 0) is 23.8 Å². The second-order valence-electron chi connectivity index (χ2n) is 3.53. The Morgan fingerprint density at radius 3 is 2.82 bits per heavy atom. The van der Waals surface area contributed by atoms with Crippen molar-refractivity contribution in [2.75, 3.05) is 0 Å². The van der Waals surface area contributed by atoms with E-state index < -0.39 is 5.91 Å². The molecule has 2 aromatic rings. The molecule has 0 unspecified atom stereocenters. The lowest BCUT2D eigenvalue weighted by Gasteiger charge is -2.05. The average Bonchev–Trinajstić information content (AvgIpc) is 2.39. The monoisotopic (exact) mass is 226 g/mol. The summed E-state index contributed by atoms with van der Waals surface area (Å²) in [7, 11) is 0. The fraction of sp³-hybridized carbons (Fsp3) is 0. The predicted molar refractivity (Wildman–Crippen MR) is 63.6 cm³/mol. The summed E-state index contributed by atoms with van der Waals surface area (Å²) in [6.45, 7) is 0. The Balaban J connectivity index is 2.56. The van der Waals surface area contributed by atoms with Crippen molar-refractivity contribution in [3.05, 3.63) is 53.9 Å². The van der Waals surface area contributed by atoms with E-state index >= 15 is 0 Å². The van der Waals surface area contributed by atoms with Crippen molar-refractivity contribution >= 4 is 12.2 Å². The minimum atomic E-state index is -0.497. The number of nitrogens with zero attached hydrogens (tertiary/aromatic N) is 1. The lowest BCUT2D eigenvalue weighted by Crippen LogP contribution is -2.10. The number of pyridine rings is 1. The molecule has 4 heteroatoms. The lowest BCUT2D eigenvalue weighted by atomic mass is 10.0. The number of aromatic nitrogens is 1. The number of amides is 1. The van der Waals surface area contributed by atoms with E-state index in [1.54, 1.807) is 42.7 Å². The maximum Gasteiger partial charge on any atom is 0.248 e. The number of hydrogen-bond acceptors (Lipinski definition) is 3. The third-order valence-corrected chi connectivity index (χ3v) is 2.44. The number of carbonyl (C=O) groups excluding carboxylic acids is 2. The van der Waals surface area contributed by atoms with E-state index in [1.807, 2.05) is 0 Å². The molecule has 1 aromatic carbocycles. The van der Waals surface area contributed by atoms with E-state index in [0.717, 1.165) is 11.8 Å². The van der Waals surface area contributed by atoms with Gasteiger partial charge in [0.15, 0.2) is 6.29 Å². The molecule has 0 bridgehead atoms. The maximum absolute atomic E-state index is 11.1. The topological polar surface area (TPSA) is 73.1 Å². The van der Waals surface area contributed by atoms with E-state index in [4.69, 9.17) is 5.73 Å². The summed E-state index contributed by atoms with van der Waals surface area (Å²) < 4.78 is 0. The average molecular weight is 226 g/mol. The van der Waals surface area contributed by atoms with Crippen LogP contribution in [0.5, 0.6) is 0 Å². The Hall–Kier alpha value is -2.49. The first-order valence-electron chi connectivity index (χ1n) is 5.02. The van der Waals surface area contributed by atoms with Crippen molar-refractivity contribution in [1.82, 2.24) is 4.98 Å². The van der Waals surface area contributed by atoms with Gasteiger partial charge >= 0.3 is 0 Å². The first-order chi connectivity index (χ1) is 8.22. The largest absolute Gasteiger partial charge is 0.366 e. The molecule has 2 N–H and O–H groups in total. The van der Waals surface area contributed by atoms with Crippen LogP contribution < -0.4 is 5.73 Å². The molecule has 0 fully saturated rings. The van der Waals surface area contributed by atoms with Crippen LogP contribution in [0.1, 0.15) is 20.7 Å². The zero-order valence-corrected chi connectivity index (χ0v) is 8.96. The van der Waals surface area contributed by atoms with Gasteiger partial charge < -0.3 is 5.73 Å². The van der Waals surface area contributed by atoms with Crippen molar-refractivity contribution in [1.29, 1.82) is 0 Å². The van der Waals surface area contributed by atoms with Gasteiger partial charge in [0.2, 0.25) is 5.91 Å². The molecule has 0 aliphatic rings. The van der Waals surface area contributed by atoms with E-state index in [9.17, 15) is 9.59 Å². The van der Waals surface area contributed by atoms with Crippen LogP contribution in [-0.2, 0) is 0 Å². The Bertz CT molecular complexity index is 579. The van der Waals surface area contributed by atoms with Gasteiger partial charge in [0.25, 0.3) is 0 Å². The van der Waals surface area contributed by atoms with Crippen molar-refractivity contribution < 1.29 is 9.59 Å². The number of carbonyl (C=O) groups is 2. The first kappa shape index (κ1) is 11.0. The van der Waals surface area contributed by atoms with Crippen molar-refractivity contribution in [3.63, 3.8) is 0 Å². The summed E-state index contributed by atoms with van der Waals surface area (Å²) in [4.78, 5) is 25.9. The first-order valence-corrected chi connectivity index (χ1v) is 5.02. The molecule has 0 saturated heterocycles. The van der Waals surface area contributed by atoms with Crippen molar-refractivity contribution in [3.8, 4) is 11.1 Å². The van der Waals surface area contributed by atoms with Crippen molar-refractivity contribution in [2.24, 2.45) is 5.73 Å². The molecule has 84 valence electrons. The quantitative estimate of drug-likeness (QED) is 0.809. The zero-order valence-electron chi connectivity index (χ0n) is 8.96. The molecule has 1 aromatic heterocycles. The van der Waals surface area contributed by atoms with Crippen LogP contribution in [0.25, 0.3) is 11.1 Å². The number of hydrogen-bond donors (Lipinski definition) is 1. The van der Waals surface area contributed by atoms with Crippen LogP contribution in [0.4, 0.5) is 0 Å². The molecule has 0 aliphatic heterocycles. The highest BCUT2D eigenvalue weighted by atomic mass is 16.1. The second-order valence-corrected chi connectivity index (χ2v) is 3.53. The lowest BCUT2D eigenvalue weighted by molar-refractivity contribution is 0.1000. The molecule has 0 spiro atoms. The van der Waals surface area contributed by atoms with Crippen LogP contribution in [0.3, 0.4) is 0 Å². The van der Waals surface area contributed by atoms with Crippen LogP contribution in [0, 0.1) is 0 Å². The summed E-state index contributed by atoms with van der Waals surface area (Å²) in [5.74, 6) is -0.497. The highest BCUT2D eigenvalue weighted by molar-refractivity contribution is 5.95.